The molecule has 0 spiro atoms. The number of benzene rings is 2. The summed E-state index contributed by atoms with van der Waals surface area (Å²) in [7, 11) is 1.74. The van der Waals surface area contributed by atoms with Crippen molar-refractivity contribution in [2.75, 3.05) is 18.9 Å². The maximum atomic E-state index is 13.5. The Morgan fingerprint density at radius 3 is 2.59 bits per heavy atom. The molecule has 2 unspecified atom stereocenters. The first-order valence-corrected chi connectivity index (χ1v) is 10.5. The highest BCUT2D eigenvalue weighted by atomic mass is 19.1. The van der Waals surface area contributed by atoms with E-state index in [4.69, 9.17) is 5.73 Å². The number of hydrogen-bond donors (Lipinski definition) is 2. The molecule has 3 aromatic rings. The molecule has 2 amide bonds. The molecule has 3 N–H and O–H groups in total. The molecule has 7 heteroatoms. The Kier molecular flexibility index (Phi) is 6.28. The number of fused-ring (bicyclic) bond motifs is 1. The summed E-state index contributed by atoms with van der Waals surface area (Å²) in [6, 6.07) is 14.7. The van der Waals surface area contributed by atoms with Gasteiger partial charge >= 0.3 is 0 Å². The number of carbonyl (C=O) groups excluding carboxylic acids is 2. The average Bonchev–Trinajstić information content (AvgIpc) is 3.22. The number of likely N-dealkylation sites (N-methyl/N-ethyl adjacent to an activating group) is 1. The highest BCUT2D eigenvalue weighted by Crippen LogP contribution is 2.34. The maximum Gasteiger partial charge on any atom is 0.255 e. The standard InChI is InChI=1S/C25H25FN4O2/c1-30(25(32)22-8-6-18-14-19(26)7-9-21(18)22)15-23(27)16-2-4-17(5-3-16)24(31)29-20-10-12-28-13-11-20/h2-5,7,9-14,22-23H,6,8,15,27H2,1H3,(H,28,29,31). The van der Waals surface area contributed by atoms with Crippen LogP contribution in [0, 0.1) is 5.82 Å². The summed E-state index contributed by atoms with van der Waals surface area (Å²) in [6.45, 7) is 0.342. The molecular formula is C25H25FN4O2. The smallest absolute Gasteiger partial charge is 0.255 e. The minimum Gasteiger partial charge on any atom is -0.343 e. The minimum absolute atomic E-state index is 0.0147. The quantitative estimate of drug-likeness (QED) is 0.622. The lowest BCUT2D eigenvalue weighted by atomic mass is 9.99. The lowest BCUT2D eigenvalue weighted by Crippen LogP contribution is -2.36. The zero-order valence-electron chi connectivity index (χ0n) is 17.8. The molecule has 0 radical (unpaired) electrons. The number of amides is 2. The van der Waals surface area contributed by atoms with Gasteiger partial charge in [-0.05, 0) is 65.9 Å². The molecule has 6 nitrogen and oxygen atoms in total. The van der Waals surface area contributed by atoms with Crippen molar-refractivity contribution in [2.45, 2.75) is 24.8 Å². The lowest BCUT2D eigenvalue weighted by Gasteiger charge is -2.25. The normalized spacial score (nSPS) is 15.7. The van der Waals surface area contributed by atoms with Crippen LogP contribution in [0.1, 0.15) is 45.4 Å². The summed E-state index contributed by atoms with van der Waals surface area (Å²) >= 11 is 0. The number of nitrogens with one attached hydrogen (secondary N) is 1. The third kappa shape index (κ3) is 4.68. The van der Waals surface area contributed by atoms with Gasteiger partial charge in [0.2, 0.25) is 5.91 Å². The van der Waals surface area contributed by atoms with Crippen molar-refractivity contribution in [2.24, 2.45) is 5.73 Å². The van der Waals surface area contributed by atoms with Crippen molar-refractivity contribution in [1.82, 2.24) is 9.88 Å². The van der Waals surface area contributed by atoms with Crippen LogP contribution in [0.2, 0.25) is 0 Å². The summed E-state index contributed by atoms with van der Waals surface area (Å²) in [6.07, 6.45) is 4.60. The molecule has 0 saturated heterocycles. The molecule has 4 rings (SSSR count). The molecule has 0 fully saturated rings. The van der Waals surface area contributed by atoms with Crippen LogP contribution in [0.5, 0.6) is 0 Å². The fraction of sp³-hybridized carbons (Fsp3) is 0.240. The summed E-state index contributed by atoms with van der Waals surface area (Å²) in [4.78, 5) is 30.9. The van der Waals surface area contributed by atoms with Crippen LogP contribution >= 0.6 is 0 Å². The number of halogens is 1. The Balaban J connectivity index is 1.37. The molecular weight excluding hydrogens is 407 g/mol. The van der Waals surface area contributed by atoms with Gasteiger partial charge in [0.1, 0.15) is 5.82 Å². The molecule has 164 valence electrons. The number of aromatic nitrogens is 1. The van der Waals surface area contributed by atoms with Gasteiger partial charge in [-0.2, -0.15) is 0 Å². The topological polar surface area (TPSA) is 88.3 Å². The van der Waals surface area contributed by atoms with Gasteiger partial charge < -0.3 is 16.0 Å². The van der Waals surface area contributed by atoms with Crippen molar-refractivity contribution < 1.29 is 14.0 Å². The van der Waals surface area contributed by atoms with E-state index < -0.39 is 6.04 Å². The summed E-state index contributed by atoms with van der Waals surface area (Å²) < 4.78 is 13.5. The van der Waals surface area contributed by atoms with Gasteiger partial charge in [0, 0.05) is 43.3 Å². The van der Waals surface area contributed by atoms with Crippen molar-refractivity contribution in [3.63, 3.8) is 0 Å². The third-order valence-electron chi connectivity index (χ3n) is 5.87. The first-order valence-electron chi connectivity index (χ1n) is 10.5. The second kappa shape index (κ2) is 9.28. The van der Waals surface area contributed by atoms with E-state index in [-0.39, 0.29) is 23.5 Å². The Bertz CT molecular complexity index is 1120. The zero-order chi connectivity index (χ0) is 22.7. The zero-order valence-corrected chi connectivity index (χ0v) is 17.8. The number of nitrogens with zero attached hydrogens (tertiary/aromatic N) is 2. The Labute approximate surface area is 186 Å². The highest BCUT2D eigenvalue weighted by Gasteiger charge is 2.31. The van der Waals surface area contributed by atoms with E-state index in [1.165, 1.54) is 12.1 Å². The molecule has 1 aliphatic rings. The second-order valence-corrected chi connectivity index (χ2v) is 8.07. The van der Waals surface area contributed by atoms with Gasteiger partial charge in [0.15, 0.2) is 0 Å². The molecule has 0 aliphatic heterocycles. The Hall–Kier alpha value is -3.58. The third-order valence-corrected chi connectivity index (χ3v) is 5.87. The van der Waals surface area contributed by atoms with Gasteiger partial charge in [-0.25, -0.2) is 4.39 Å². The van der Waals surface area contributed by atoms with Gasteiger partial charge in [-0.1, -0.05) is 18.2 Å². The van der Waals surface area contributed by atoms with E-state index in [0.717, 1.165) is 16.7 Å². The number of anilines is 1. The van der Waals surface area contributed by atoms with Crippen molar-refractivity contribution in [3.8, 4) is 0 Å². The molecule has 1 heterocycles. The van der Waals surface area contributed by atoms with Crippen LogP contribution in [-0.4, -0.2) is 35.3 Å². The van der Waals surface area contributed by atoms with Crippen molar-refractivity contribution in [3.05, 3.63) is 95.1 Å². The van der Waals surface area contributed by atoms with Crippen LogP contribution in [0.4, 0.5) is 10.1 Å². The number of hydrogen-bond acceptors (Lipinski definition) is 4. The van der Waals surface area contributed by atoms with E-state index >= 15 is 0 Å². The van der Waals surface area contributed by atoms with Gasteiger partial charge in [-0.3, -0.25) is 14.6 Å². The van der Waals surface area contributed by atoms with Crippen LogP contribution < -0.4 is 11.1 Å². The number of rotatable bonds is 6. The molecule has 0 saturated carbocycles. The minimum atomic E-state index is -0.393. The number of pyridine rings is 1. The molecule has 0 bridgehead atoms. The summed E-state index contributed by atoms with van der Waals surface area (Å²) in [5.41, 5.74) is 10.2. The van der Waals surface area contributed by atoms with E-state index in [2.05, 4.69) is 10.3 Å². The van der Waals surface area contributed by atoms with Crippen LogP contribution in [0.3, 0.4) is 0 Å². The van der Waals surface area contributed by atoms with Crippen LogP contribution in [0.15, 0.2) is 67.0 Å². The fourth-order valence-corrected chi connectivity index (χ4v) is 4.12. The summed E-state index contributed by atoms with van der Waals surface area (Å²) in [5, 5.41) is 2.81. The predicted molar refractivity (Wildman–Crippen MR) is 121 cm³/mol. The lowest BCUT2D eigenvalue weighted by molar-refractivity contribution is -0.131. The van der Waals surface area contributed by atoms with Gasteiger partial charge in [0.25, 0.3) is 5.91 Å². The number of nitrogens with two attached hydrogens (primary N) is 1. The number of aryl methyl sites for hydroxylation is 1. The monoisotopic (exact) mass is 432 g/mol. The highest BCUT2D eigenvalue weighted by molar-refractivity contribution is 6.04. The van der Waals surface area contributed by atoms with E-state index in [0.29, 0.717) is 30.6 Å². The first kappa shape index (κ1) is 21.6. The van der Waals surface area contributed by atoms with E-state index in [9.17, 15) is 14.0 Å². The summed E-state index contributed by atoms with van der Waals surface area (Å²) in [5.74, 6) is -0.772. The van der Waals surface area contributed by atoms with Crippen molar-refractivity contribution in [1.29, 1.82) is 0 Å². The maximum absolute atomic E-state index is 13.5. The first-order chi connectivity index (χ1) is 15.4. The second-order valence-electron chi connectivity index (χ2n) is 8.07. The predicted octanol–water partition coefficient (Wildman–Crippen LogP) is 3.66. The SMILES string of the molecule is CN(CC(N)c1ccc(C(=O)Nc2ccncc2)cc1)C(=O)C1CCc2cc(F)ccc21. The fourth-order valence-electron chi connectivity index (χ4n) is 4.12. The molecule has 32 heavy (non-hydrogen) atoms. The van der Waals surface area contributed by atoms with E-state index in [1.807, 2.05) is 0 Å². The Morgan fingerprint density at radius 1 is 1.16 bits per heavy atom. The van der Waals surface area contributed by atoms with Crippen LogP contribution in [0.25, 0.3) is 0 Å². The molecule has 1 aliphatic carbocycles. The van der Waals surface area contributed by atoms with Crippen molar-refractivity contribution >= 4 is 17.5 Å². The van der Waals surface area contributed by atoms with E-state index in [1.54, 1.807) is 66.8 Å². The largest absolute Gasteiger partial charge is 0.343 e. The van der Waals surface area contributed by atoms with Gasteiger partial charge in [0.05, 0.1) is 5.92 Å². The Morgan fingerprint density at radius 2 is 1.88 bits per heavy atom. The molecule has 2 aromatic carbocycles. The number of carbonyl (C=O) groups is 2. The molecule has 2 atom stereocenters. The van der Waals surface area contributed by atoms with Crippen LogP contribution in [-0.2, 0) is 11.2 Å². The van der Waals surface area contributed by atoms with Gasteiger partial charge in [-0.15, -0.1) is 0 Å². The molecule has 1 aromatic heterocycles. The average molecular weight is 432 g/mol.